The third-order valence-corrected chi connectivity index (χ3v) is 1.73. The van der Waals surface area contributed by atoms with Crippen LogP contribution in [0.1, 0.15) is 12.5 Å². The third-order valence-electron chi connectivity index (χ3n) is 1.41. The van der Waals surface area contributed by atoms with Gasteiger partial charge in [0.05, 0.1) is 5.02 Å². The van der Waals surface area contributed by atoms with Crippen molar-refractivity contribution in [2.45, 2.75) is 6.92 Å². The van der Waals surface area contributed by atoms with Crippen LogP contribution >= 0.6 is 11.6 Å². The topological polar surface area (TPSA) is 23.9 Å². The first-order valence-electron chi connectivity index (χ1n) is 3.22. The highest BCUT2D eigenvalue weighted by atomic mass is 35.5. The van der Waals surface area contributed by atoms with Gasteiger partial charge >= 0.3 is 0 Å². The van der Waals surface area contributed by atoms with Crippen LogP contribution in [0.3, 0.4) is 0 Å². The molecule has 0 unspecified atom stereocenters. The van der Waals surface area contributed by atoms with Crippen molar-refractivity contribution in [1.29, 1.82) is 5.41 Å². The molecular weight excluding hydrogens is 184 g/mol. The Hall–Kier alpha value is -0.960. The van der Waals surface area contributed by atoms with E-state index in [1.165, 1.54) is 6.92 Å². The number of hydrogen-bond acceptors (Lipinski definition) is 1. The lowest BCUT2D eigenvalue weighted by Crippen LogP contribution is -1.96. The molecule has 4 heteroatoms. The average molecular weight is 190 g/mol. The molecule has 0 aliphatic rings. The highest BCUT2D eigenvalue weighted by Gasteiger charge is 2.08. The van der Waals surface area contributed by atoms with Crippen LogP contribution in [-0.2, 0) is 0 Å². The molecule has 1 aromatic carbocycles. The zero-order valence-electron chi connectivity index (χ0n) is 6.29. The molecule has 64 valence electrons. The highest BCUT2D eigenvalue weighted by molar-refractivity contribution is 6.34. The standard InChI is InChI=1S/C8H6ClF2N/c1-4(12)5-2-7(10)8(11)3-6(5)9/h2-3,12H,1H3. The lowest BCUT2D eigenvalue weighted by molar-refractivity contribution is 0.508. The van der Waals surface area contributed by atoms with Gasteiger partial charge in [-0.25, -0.2) is 8.78 Å². The Morgan fingerprint density at radius 1 is 1.33 bits per heavy atom. The molecule has 0 radical (unpaired) electrons. The van der Waals surface area contributed by atoms with Crippen molar-refractivity contribution in [3.8, 4) is 0 Å². The van der Waals surface area contributed by atoms with E-state index in [2.05, 4.69) is 0 Å². The average Bonchev–Trinajstić information content (AvgIpc) is 1.96. The summed E-state index contributed by atoms with van der Waals surface area (Å²) in [4.78, 5) is 0. The molecule has 0 atom stereocenters. The molecule has 0 fully saturated rings. The van der Waals surface area contributed by atoms with Crippen molar-refractivity contribution in [2.75, 3.05) is 0 Å². The Kier molecular flexibility index (Phi) is 2.43. The molecule has 1 N–H and O–H groups in total. The summed E-state index contributed by atoms with van der Waals surface area (Å²) in [6.07, 6.45) is 0. The summed E-state index contributed by atoms with van der Waals surface area (Å²) in [5.41, 5.74) is 0.328. The molecule has 0 aromatic heterocycles. The Labute approximate surface area is 73.5 Å². The van der Waals surface area contributed by atoms with Crippen molar-refractivity contribution in [3.05, 3.63) is 34.4 Å². The van der Waals surface area contributed by atoms with Gasteiger partial charge in [-0.2, -0.15) is 0 Å². The zero-order chi connectivity index (χ0) is 9.30. The van der Waals surface area contributed by atoms with Crippen LogP contribution in [0.2, 0.25) is 5.02 Å². The van der Waals surface area contributed by atoms with Gasteiger partial charge in [0, 0.05) is 11.3 Å². The van der Waals surface area contributed by atoms with Crippen LogP contribution in [0.4, 0.5) is 8.78 Å². The van der Waals surface area contributed by atoms with Gasteiger partial charge in [0.1, 0.15) is 0 Å². The normalized spacial score (nSPS) is 10.0. The second-order valence-corrected chi connectivity index (χ2v) is 2.78. The van der Waals surface area contributed by atoms with Gasteiger partial charge in [-0.05, 0) is 19.1 Å². The fraction of sp³-hybridized carbons (Fsp3) is 0.125. The maximum Gasteiger partial charge on any atom is 0.160 e. The van der Waals surface area contributed by atoms with Gasteiger partial charge in [-0.15, -0.1) is 0 Å². The largest absolute Gasteiger partial charge is 0.305 e. The molecule has 12 heavy (non-hydrogen) atoms. The van der Waals surface area contributed by atoms with Gasteiger partial charge in [0.15, 0.2) is 11.6 Å². The molecule has 1 aromatic rings. The van der Waals surface area contributed by atoms with Crippen molar-refractivity contribution in [3.63, 3.8) is 0 Å². The summed E-state index contributed by atoms with van der Waals surface area (Å²) in [6, 6.07) is 1.78. The minimum atomic E-state index is -0.995. The summed E-state index contributed by atoms with van der Waals surface area (Å²) in [7, 11) is 0. The molecule has 0 bridgehead atoms. The number of halogens is 3. The minimum Gasteiger partial charge on any atom is -0.305 e. The molecule has 1 nitrogen and oxygen atoms in total. The molecule has 0 saturated heterocycles. The third kappa shape index (κ3) is 1.61. The van der Waals surface area contributed by atoms with Crippen LogP contribution in [-0.4, -0.2) is 5.71 Å². The highest BCUT2D eigenvalue weighted by Crippen LogP contribution is 2.19. The molecule has 0 spiro atoms. The van der Waals surface area contributed by atoms with Crippen molar-refractivity contribution in [2.24, 2.45) is 0 Å². The fourth-order valence-electron chi connectivity index (χ4n) is 0.810. The number of hydrogen-bond donors (Lipinski definition) is 1. The zero-order valence-corrected chi connectivity index (χ0v) is 7.04. The molecule has 1 rings (SSSR count). The summed E-state index contributed by atoms with van der Waals surface area (Å²) in [5, 5.41) is 7.23. The van der Waals surface area contributed by atoms with Gasteiger partial charge in [-0.3, -0.25) is 0 Å². The first-order chi connectivity index (χ1) is 5.52. The summed E-state index contributed by atoms with van der Waals surface area (Å²) in [5.74, 6) is -1.98. The van der Waals surface area contributed by atoms with Crippen molar-refractivity contribution < 1.29 is 8.78 Å². The smallest absolute Gasteiger partial charge is 0.160 e. The first kappa shape index (κ1) is 9.13. The van der Waals surface area contributed by atoms with Gasteiger partial charge in [0.25, 0.3) is 0 Å². The van der Waals surface area contributed by atoms with E-state index in [0.29, 0.717) is 0 Å². The van der Waals surface area contributed by atoms with Crippen LogP contribution in [0, 0.1) is 17.0 Å². The monoisotopic (exact) mass is 189 g/mol. The van der Waals surface area contributed by atoms with Crippen LogP contribution in [0.25, 0.3) is 0 Å². The molecule has 0 saturated carbocycles. The Balaban J connectivity index is 3.33. The second kappa shape index (κ2) is 3.19. The van der Waals surface area contributed by atoms with E-state index in [0.717, 1.165) is 12.1 Å². The van der Waals surface area contributed by atoms with Crippen LogP contribution < -0.4 is 0 Å². The van der Waals surface area contributed by atoms with Crippen molar-refractivity contribution >= 4 is 17.3 Å². The summed E-state index contributed by atoms with van der Waals surface area (Å²) in [6.45, 7) is 1.46. The number of nitrogens with one attached hydrogen (secondary N) is 1. The van der Waals surface area contributed by atoms with E-state index in [-0.39, 0.29) is 16.3 Å². The van der Waals surface area contributed by atoms with Gasteiger partial charge < -0.3 is 5.41 Å². The lowest BCUT2D eigenvalue weighted by Gasteiger charge is -2.01. The van der Waals surface area contributed by atoms with E-state index in [4.69, 9.17) is 17.0 Å². The predicted molar refractivity (Wildman–Crippen MR) is 43.9 cm³/mol. The van der Waals surface area contributed by atoms with E-state index in [1.807, 2.05) is 0 Å². The van der Waals surface area contributed by atoms with Crippen LogP contribution in [0.15, 0.2) is 12.1 Å². The van der Waals surface area contributed by atoms with Crippen LogP contribution in [0.5, 0.6) is 0 Å². The van der Waals surface area contributed by atoms with E-state index < -0.39 is 11.6 Å². The minimum absolute atomic E-state index is 0.0569. The maximum atomic E-state index is 12.6. The Morgan fingerprint density at radius 3 is 2.33 bits per heavy atom. The van der Waals surface area contributed by atoms with Gasteiger partial charge in [0.2, 0.25) is 0 Å². The lowest BCUT2D eigenvalue weighted by atomic mass is 10.1. The summed E-state index contributed by atoms with van der Waals surface area (Å²) < 4.78 is 25.1. The Bertz CT molecular complexity index is 336. The van der Waals surface area contributed by atoms with Gasteiger partial charge in [-0.1, -0.05) is 11.6 Å². The molecule has 0 aliphatic heterocycles. The maximum absolute atomic E-state index is 12.6. The quantitative estimate of drug-likeness (QED) is 0.519. The number of rotatable bonds is 1. The molecule has 0 amide bonds. The fourth-order valence-corrected chi connectivity index (χ4v) is 1.10. The first-order valence-corrected chi connectivity index (χ1v) is 3.60. The summed E-state index contributed by atoms with van der Waals surface area (Å²) >= 11 is 5.55. The predicted octanol–water partition coefficient (Wildman–Crippen LogP) is 3.01. The SMILES string of the molecule is CC(=N)c1cc(F)c(F)cc1Cl. The molecule has 0 aliphatic carbocycles. The second-order valence-electron chi connectivity index (χ2n) is 2.37. The van der Waals surface area contributed by atoms with E-state index in [9.17, 15) is 8.78 Å². The molecule has 0 heterocycles. The number of benzene rings is 1. The Morgan fingerprint density at radius 2 is 1.83 bits per heavy atom. The van der Waals surface area contributed by atoms with Crippen molar-refractivity contribution in [1.82, 2.24) is 0 Å². The van der Waals surface area contributed by atoms with E-state index in [1.54, 1.807) is 0 Å². The molecular formula is C8H6ClF2N. The van der Waals surface area contributed by atoms with E-state index >= 15 is 0 Å².